The van der Waals surface area contributed by atoms with E-state index in [9.17, 15) is 0 Å². The molecule has 0 radical (unpaired) electrons. The molecule has 1 aromatic heterocycles. The van der Waals surface area contributed by atoms with E-state index in [1.54, 1.807) is 14.2 Å². The van der Waals surface area contributed by atoms with Gasteiger partial charge < -0.3 is 14.8 Å². The third-order valence-corrected chi connectivity index (χ3v) is 4.26. The highest BCUT2D eigenvalue weighted by molar-refractivity contribution is 5.98. The predicted molar refractivity (Wildman–Crippen MR) is 85.7 cm³/mol. The van der Waals surface area contributed by atoms with Crippen LogP contribution in [0.3, 0.4) is 0 Å². The monoisotopic (exact) mass is 286 g/mol. The summed E-state index contributed by atoms with van der Waals surface area (Å²) in [5.74, 6) is 1.57. The van der Waals surface area contributed by atoms with Crippen molar-refractivity contribution >= 4 is 16.6 Å². The van der Waals surface area contributed by atoms with Crippen LogP contribution >= 0.6 is 0 Å². The summed E-state index contributed by atoms with van der Waals surface area (Å²) in [5, 5.41) is 4.46. The fourth-order valence-electron chi connectivity index (χ4n) is 3.20. The van der Waals surface area contributed by atoms with Crippen molar-refractivity contribution in [2.75, 3.05) is 26.6 Å². The Kier molecular flexibility index (Phi) is 3.86. The second kappa shape index (κ2) is 5.80. The molecule has 0 aliphatic heterocycles. The van der Waals surface area contributed by atoms with Crippen LogP contribution in [0.2, 0.25) is 0 Å². The molecule has 1 N–H and O–H groups in total. The van der Waals surface area contributed by atoms with Crippen LogP contribution in [0.1, 0.15) is 30.5 Å². The minimum absolute atomic E-state index is 0.771. The number of aromatic nitrogens is 1. The first kappa shape index (κ1) is 14.0. The average molecular weight is 286 g/mol. The number of nitrogens with zero attached hydrogens (tertiary/aromatic N) is 1. The molecule has 21 heavy (non-hydrogen) atoms. The lowest BCUT2D eigenvalue weighted by atomic mass is 10.0. The molecule has 4 nitrogen and oxygen atoms in total. The molecular formula is C17H22N2O2. The van der Waals surface area contributed by atoms with Crippen LogP contribution in [0.25, 0.3) is 10.9 Å². The van der Waals surface area contributed by atoms with Crippen molar-refractivity contribution in [2.24, 2.45) is 0 Å². The minimum atomic E-state index is 0.771. The lowest BCUT2D eigenvalue weighted by Gasteiger charge is -2.17. The van der Waals surface area contributed by atoms with Gasteiger partial charge in [-0.05, 0) is 37.3 Å². The van der Waals surface area contributed by atoms with Crippen molar-refractivity contribution < 1.29 is 9.47 Å². The smallest absolute Gasteiger partial charge is 0.148 e. The van der Waals surface area contributed by atoms with Gasteiger partial charge in [-0.3, -0.25) is 0 Å². The summed E-state index contributed by atoms with van der Waals surface area (Å²) in [6.07, 6.45) is 5.86. The van der Waals surface area contributed by atoms with Crippen molar-refractivity contribution in [3.63, 3.8) is 0 Å². The van der Waals surface area contributed by atoms with Gasteiger partial charge in [0.2, 0.25) is 0 Å². The number of benzene rings is 1. The van der Waals surface area contributed by atoms with Gasteiger partial charge in [0.05, 0.1) is 14.2 Å². The molecule has 112 valence electrons. The van der Waals surface area contributed by atoms with Crippen molar-refractivity contribution in [2.45, 2.75) is 32.1 Å². The molecule has 2 aromatic rings. The van der Waals surface area contributed by atoms with Gasteiger partial charge in [-0.25, -0.2) is 4.98 Å². The predicted octanol–water partition coefficient (Wildman–Crippen LogP) is 3.56. The third-order valence-electron chi connectivity index (χ3n) is 4.26. The van der Waals surface area contributed by atoms with E-state index < -0.39 is 0 Å². The molecule has 3 rings (SSSR count). The Bertz CT molecular complexity index is 668. The molecule has 0 bridgehead atoms. The number of pyridine rings is 1. The number of aryl methyl sites for hydroxylation is 1. The standard InChI is InChI=1S/C17H22N2O2/c1-18-16-12-7-5-4-6-8-14(12)19-17-13(16)9-11(20-2)10-15(17)21-3/h9-10H,4-8H2,1-3H3,(H,18,19). The van der Waals surface area contributed by atoms with Crippen LogP contribution in [-0.4, -0.2) is 26.3 Å². The highest BCUT2D eigenvalue weighted by atomic mass is 16.5. The minimum Gasteiger partial charge on any atom is -0.497 e. The Morgan fingerprint density at radius 2 is 1.86 bits per heavy atom. The molecule has 4 heteroatoms. The lowest BCUT2D eigenvalue weighted by molar-refractivity contribution is 0.397. The number of anilines is 1. The van der Waals surface area contributed by atoms with Gasteiger partial charge in [0.25, 0.3) is 0 Å². The molecule has 0 saturated heterocycles. The maximum atomic E-state index is 5.52. The summed E-state index contributed by atoms with van der Waals surface area (Å²) in [4.78, 5) is 4.91. The number of fused-ring (bicyclic) bond motifs is 2. The highest BCUT2D eigenvalue weighted by Gasteiger charge is 2.19. The molecule has 1 aliphatic rings. The van der Waals surface area contributed by atoms with Crippen molar-refractivity contribution in [1.29, 1.82) is 0 Å². The molecule has 0 saturated carbocycles. The summed E-state index contributed by atoms with van der Waals surface area (Å²) in [5.41, 5.74) is 4.67. The van der Waals surface area contributed by atoms with E-state index in [-0.39, 0.29) is 0 Å². The summed E-state index contributed by atoms with van der Waals surface area (Å²) in [6.45, 7) is 0. The van der Waals surface area contributed by atoms with E-state index in [0.717, 1.165) is 35.2 Å². The van der Waals surface area contributed by atoms with Crippen LogP contribution in [0.4, 0.5) is 5.69 Å². The zero-order valence-corrected chi connectivity index (χ0v) is 13.0. The van der Waals surface area contributed by atoms with Crippen LogP contribution in [0.5, 0.6) is 11.5 Å². The fraction of sp³-hybridized carbons (Fsp3) is 0.471. The normalized spacial score (nSPS) is 14.4. The quantitative estimate of drug-likeness (QED) is 0.876. The van der Waals surface area contributed by atoms with Gasteiger partial charge in [0.1, 0.15) is 17.0 Å². The number of hydrogen-bond donors (Lipinski definition) is 1. The van der Waals surface area contributed by atoms with E-state index in [0.29, 0.717) is 0 Å². The zero-order chi connectivity index (χ0) is 14.8. The summed E-state index contributed by atoms with van der Waals surface area (Å²) in [6, 6.07) is 3.94. The largest absolute Gasteiger partial charge is 0.497 e. The first-order valence-electron chi connectivity index (χ1n) is 7.53. The van der Waals surface area contributed by atoms with Gasteiger partial charge in [0, 0.05) is 29.9 Å². The number of ether oxygens (including phenoxy) is 2. The second-order valence-corrected chi connectivity index (χ2v) is 5.45. The Morgan fingerprint density at radius 1 is 1.05 bits per heavy atom. The van der Waals surface area contributed by atoms with Crippen LogP contribution in [-0.2, 0) is 12.8 Å². The molecule has 1 aliphatic carbocycles. The van der Waals surface area contributed by atoms with Crippen LogP contribution in [0, 0.1) is 0 Å². The van der Waals surface area contributed by atoms with Gasteiger partial charge in [-0.1, -0.05) is 6.42 Å². The molecular weight excluding hydrogens is 264 g/mol. The van der Waals surface area contributed by atoms with E-state index in [1.807, 2.05) is 19.2 Å². The number of hydrogen-bond acceptors (Lipinski definition) is 4. The maximum Gasteiger partial charge on any atom is 0.148 e. The first-order valence-corrected chi connectivity index (χ1v) is 7.53. The molecule has 0 unspecified atom stereocenters. The van der Waals surface area contributed by atoms with Gasteiger partial charge in [-0.15, -0.1) is 0 Å². The molecule has 0 amide bonds. The van der Waals surface area contributed by atoms with E-state index in [4.69, 9.17) is 14.5 Å². The average Bonchev–Trinajstić information content (AvgIpc) is 2.76. The Balaban J connectivity index is 2.34. The SMILES string of the molecule is CNc1c2c(nc3c(OC)cc(OC)cc13)CCCCC2. The number of methoxy groups -OCH3 is 2. The van der Waals surface area contributed by atoms with E-state index in [2.05, 4.69) is 5.32 Å². The molecule has 0 atom stereocenters. The topological polar surface area (TPSA) is 43.4 Å². The maximum absolute atomic E-state index is 5.52. The molecule has 1 heterocycles. The van der Waals surface area contributed by atoms with Gasteiger partial charge in [0.15, 0.2) is 0 Å². The van der Waals surface area contributed by atoms with Gasteiger partial charge in [-0.2, -0.15) is 0 Å². The van der Waals surface area contributed by atoms with Gasteiger partial charge >= 0.3 is 0 Å². The Labute approximate surface area is 125 Å². The van der Waals surface area contributed by atoms with E-state index >= 15 is 0 Å². The Morgan fingerprint density at radius 3 is 2.57 bits per heavy atom. The summed E-state index contributed by atoms with van der Waals surface area (Å²) in [7, 11) is 5.34. The summed E-state index contributed by atoms with van der Waals surface area (Å²) >= 11 is 0. The molecule has 0 spiro atoms. The summed E-state index contributed by atoms with van der Waals surface area (Å²) < 4.78 is 10.9. The van der Waals surface area contributed by atoms with Crippen molar-refractivity contribution in [3.05, 3.63) is 23.4 Å². The lowest BCUT2D eigenvalue weighted by Crippen LogP contribution is -2.04. The third kappa shape index (κ3) is 2.39. The zero-order valence-electron chi connectivity index (χ0n) is 13.0. The number of rotatable bonds is 3. The van der Waals surface area contributed by atoms with Crippen molar-refractivity contribution in [3.8, 4) is 11.5 Å². The van der Waals surface area contributed by atoms with Crippen molar-refractivity contribution in [1.82, 2.24) is 4.98 Å². The molecule has 0 fully saturated rings. The Hall–Kier alpha value is -1.97. The van der Waals surface area contributed by atoms with E-state index in [1.165, 1.54) is 36.2 Å². The first-order chi connectivity index (χ1) is 10.3. The second-order valence-electron chi connectivity index (χ2n) is 5.45. The molecule has 1 aromatic carbocycles. The van der Waals surface area contributed by atoms with Crippen LogP contribution < -0.4 is 14.8 Å². The highest BCUT2D eigenvalue weighted by Crippen LogP contribution is 2.38. The number of nitrogens with one attached hydrogen (secondary N) is 1. The fourth-order valence-corrected chi connectivity index (χ4v) is 3.20. The van der Waals surface area contributed by atoms with Crippen LogP contribution in [0.15, 0.2) is 12.1 Å².